The van der Waals surface area contributed by atoms with E-state index < -0.39 is 0 Å². The van der Waals surface area contributed by atoms with E-state index in [1.165, 1.54) is 6.07 Å². The molecule has 192 valence electrons. The molecule has 1 aliphatic rings. The van der Waals surface area contributed by atoms with E-state index in [0.29, 0.717) is 35.4 Å². The van der Waals surface area contributed by atoms with Gasteiger partial charge in [-0.15, -0.1) is 0 Å². The van der Waals surface area contributed by atoms with E-state index in [-0.39, 0.29) is 23.9 Å². The first-order chi connectivity index (χ1) is 17.9. The molecule has 5 rings (SSSR count). The van der Waals surface area contributed by atoms with E-state index in [1.807, 2.05) is 41.9 Å². The second kappa shape index (κ2) is 10.7. The van der Waals surface area contributed by atoms with Gasteiger partial charge in [0, 0.05) is 25.4 Å². The number of hydrogen-bond acceptors (Lipinski definition) is 6. The van der Waals surface area contributed by atoms with Gasteiger partial charge < -0.3 is 14.6 Å². The van der Waals surface area contributed by atoms with Crippen LogP contribution in [0.1, 0.15) is 43.9 Å². The number of pyridine rings is 1. The van der Waals surface area contributed by atoms with Crippen LogP contribution in [0.25, 0.3) is 11.0 Å². The highest BCUT2D eigenvalue weighted by Gasteiger charge is 2.16. The van der Waals surface area contributed by atoms with Gasteiger partial charge in [0.15, 0.2) is 5.78 Å². The number of ether oxygens (including phenoxy) is 1. The third-order valence-electron chi connectivity index (χ3n) is 6.76. The number of Topliss-reactive ketones (excluding diaryl/α,β-unsaturated/α-hetero) is 1. The molecular formula is C29H32FN5O2. The van der Waals surface area contributed by atoms with Gasteiger partial charge in [0.05, 0.1) is 35.4 Å². The zero-order chi connectivity index (χ0) is 25.9. The molecule has 0 bridgehead atoms. The predicted octanol–water partition coefficient (Wildman–Crippen LogP) is 5.97. The highest BCUT2D eigenvalue weighted by molar-refractivity contribution is 5.83. The Kier molecular flexibility index (Phi) is 7.19. The summed E-state index contributed by atoms with van der Waals surface area (Å²) >= 11 is 0. The Morgan fingerprint density at radius 1 is 1.08 bits per heavy atom. The summed E-state index contributed by atoms with van der Waals surface area (Å²) in [6.45, 7) is 6.62. The number of anilines is 2. The van der Waals surface area contributed by atoms with E-state index in [9.17, 15) is 9.18 Å². The third-order valence-corrected chi connectivity index (χ3v) is 6.76. The number of nitrogens with one attached hydrogen (secondary N) is 1. The molecule has 0 aliphatic carbocycles. The van der Waals surface area contributed by atoms with Gasteiger partial charge in [-0.25, -0.2) is 9.37 Å². The number of halogens is 1. The normalized spacial score (nSPS) is 14.0. The molecular weight excluding hydrogens is 469 g/mol. The van der Waals surface area contributed by atoms with Crippen molar-refractivity contribution in [3.8, 4) is 11.5 Å². The lowest BCUT2D eigenvalue weighted by atomic mass is 10.0. The molecule has 0 saturated carbocycles. The van der Waals surface area contributed by atoms with Gasteiger partial charge in [-0.1, -0.05) is 19.9 Å². The molecule has 8 heteroatoms. The fraction of sp³-hybridized carbons (Fsp3) is 0.345. The maximum absolute atomic E-state index is 14.5. The monoisotopic (exact) mass is 501 g/mol. The van der Waals surface area contributed by atoms with Crippen LogP contribution in [0.5, 0.6) is 11.5 Å². The maximum atomic E-state index is 14.5. The van der Waals surface area contributed by atoms with E-state index in [0.717, 1.165) is 42.5 Å². The molecule has 1 N–H and O–H groups in total. The number of aryl methyl sites for hydroxylation is 1. The third kappa shape index (κ3) is 5.80. The minimum Gasteiger partial charge on any atom is -0.457 e. The van der Waals surface area contributed by atoms with Crippen molar-refractivity contribution in [1.29, 1.82) is 0 Å². The highest BCUT2D eigenvalue weighted by Crippen LogP contribution is 2.30. The molecule has 0 spiro atoms. The molecule has 37 heavy (non-hydrogen) atoms. The van der Waals surface area contributed by atoms with Gasteiger partial charge in [0.1, 0.15) is 17.3 Å². The van der Waals surface area contributed by atoms with Crippen molar-refractivity contribution in [2.75, 3.05) is 25.0 Å². The zero-order valence-corrected chi connectivity index (χ0v) is 21.5. The second-order valence-corrected chi connectivity index (χ2v) is 9.95. The first-order valence-corrected chi connectivity index (χ1v) is 12.8. The molecule has 1 fully saturated rings. The molecule has 0 unspecified atom stereocenters. The number of carbonyl (C=O) groups is 1. The molecule has 1 saturated heterocycles. The molecule has 7 nitrogen and oxygen atoms in total. The van der Waals surface area contributed by atoms with Gasteiger partial charge >= 0.3 is 0 Å². The van der Waals surface area contributed by atoms with Crippen LogP contribution in [-0.2, 0) is 18.3 Å². The molecule has 0 radical (unpaired) electrons. The topological polar surface area (TPSA) is 72.3 Å². The maximum Gasteiger partial charge on any atom is 0.208 e. The van der Waals surface area contributed by atoms with Crippen LogP contribution in [0.2, 0.25) is 0 Å². The lowest BCUT2D eigenvalue weighted by Crippen LogP contribution is -2.27. The molecule has 2 aromatic heterocycles. The van der Waals surface area contributed by atoms with Crippen molar-refractivity contribution in [2.24, 2.45) is 7.05 Å². The average Bonchev–Trinajstić information content (AvgIpc) is 3.48. The van der Waals surface area contributed by atoms with Crippen LogP contribution in [0.4, 0.5) is 16.0 Å². The molecule has 0 amide bonds. The summed E-state index contributed by atoms with van der Waals surface area (Å²) in [6, 6.07) is 14.3. The van der Waals surface area contributed by atoms with Crippen LogP contribution >= 0.6 is 0 Å². The number of fused-ring (bicyclic) bond motifs is 1. The van der Waals surface area contributed by atoms with Crippen molar-refractivity contribution in [2.45, 2.75) is 39.0 Å². The van der Waals surface area contributed by atoms with Crippen molar-refractivity contribution < 1.29 is 13.9 Å². The number of nitrogens with zero attached hydrogens (tertiary/aromatic N) is 4. The summed E-state index contributed by atoms with van der Waals surface area (Å²) in [5.41, 5.74) is 3.74. The van der Waals surface area contributed by atoms with Crippen LogP contribution < -0.4 is 10.1 Å². The van der Waals surface area contributed by atoms with Crippen LogP contribution in [-0.4, -0.2) is 44.9 Å². The smallest absolute Gasteiger partial charge is 0.208 e. The number of hydrogen-bond donors (Lipinski definition) is 1. The Balaban J connectivity index is 1.30. The minimum atomic E-state index is -0.326. The van der Waals surface area contributed by atoms with Crippen molar-refractivity contribution in [3.63, 3.8) is 0 Å². The van der Waals surface area contributed by atoms with Crippen LogP contribution in [0.15, 0.2) is 54.7 Å². The molecule has 3 heterocycles. The molecule has 2 aromatic carbocycles. The summed E-state index contributed by atoms with van der Waals surface area (Å²) in [5.74, 6) is 1.89. The predicted molar refractivity (Wildman–Crippen MR) is 143 cm³/mol. The zero-order valence-electron chi connectivity index (χ0n) is 21.5. The number of rotatable bonds is 9. The van der Waals surface area contributed by atoms with Gasteiger partial charge in [-0.2, -0.15) is 0 Å². The summed E-state index contributed by atoms with van der Waals surface area (Å²) in [4.78, 5) is 23.7. The van der Waals surface area contributed by atoms with Gasteiger partial charge in [-0.3, -0.25) is 14.7 Å². The van der Waals surface area contributed by atoms with Crippen LogP contribution in [0, 0.1) is 5.82 Å². The summed E-state index contributed by atoms with van der Waals surface area (Å²) in [7, 11) is 1.89. The van der Waals surface area contributed by atoms with E-state index in [1.54, 1.807) is 18.3 Å². The summed E-state index contributed by atoms with van der Waals surface area (Å²) in [6.07, 6.45) is 4.27. The van der Waals surface area contributed by atoms with Gasteiger partial charge in [-0.05, 0) is 67.7 Å². The number of imidazole rings is 1. The minimum absolute atomic E-state index is 0.164. The van der Waals surface area contributed by atoms with Crippen LogP contribution in [0.3, 0.4) is 0 Å². The van der Waals surface area contributed by atoms with E-state index >= 15 is 0 Å². The van der Waals surface area contributed by atoms with E-state index in [2.05, 4.69) is 34.0 Å². The number of ketones is 1. The number of aromatic nitrogens is 3. The quantitative estimate of drug-likeness (QED) is 0.304. The number of carbonyl (C=O) groups excluding carboxylic acids is 1. The fourth-order valence-corrected chi connectivity index (χ4v) is 4.67. The Bertz CT molecular complexity index is 1430. The first-order valence-electron chi connectivity index (χ1n) is 12.8. The highest BCUT2D eigenvalue weighted by atomic mass is 19.1. The van der Waals surface area contributed by atoms with Gasteiger partial charge in [0.2, 0.25) is 5.95 Å². The van der Waals surface area contributed by atoms with Crippen molar-refractivity contribution >= 4 is 28.5 Å². The Morgan fingerprint density at radius 3 is 2.65 bits per heavy atom. The number of benzene rings is 2. The van der Waals surface area contributed by atoms with E-state index in [4.69, 9.17) is 4.74 Å². The Morgan fingerprint density at radius 2 is 1.86 bits per heavy atom. The Labute approximate surface area is 216 Å². The summed E-state index contributed by atoms with van der Waals surface area (Å²) < 4.78 is 22.4. The largest absolute Gasteiger partial charge is 0.457 e. The first kappa shape index (κ1) is 24.9. The average molecular weight is 502 g/mol. The lowest BCUT2D eigenvalue weighted by molar-refractivity contribution is -0.119. The lowest BCUT2D eigenvalue weighted by Gasteiger charge is -2.13. The Hall–Kier alpha value is -3.78. The molecule has 1 aliphatic heterocycles. The van der Waals surface area contributed by atoms with Gasteiger partial charge in [0.25, 0.3) is 0 Å². The second-order valence-electron chi connectivity index (χ2n) is 9.95. The standard InChI is InChI=1S/C29H32FN5O2/c1-19(2)20-6-8-25(30)26(14-20)32-29-33-27-17-23(7-9-28(27)34(29)3)37-24-10-11-31-21(16-24)15-22(36)18-35-12-4-5-13-35/h6-11,14,16-17,19H,4-5,12-13,15,18H2,1-3H3,(H,32,33). The molecule has 4 aromatic rings. The SMILES string of the molecule is CC(C)c1ccc(F)c(Nc2nc3cc(Oc4ccnc(CC(=O)CN5CCCC5)c4)ccc3n2C)c1. The van der Waals surface area contributed by atoms with Crippen molar-refractivity contribution in [3.05, 3.63) is 71.8 Å². The molecule has 0 atom stereocenters. The van der Waals surface area contributed by atoms with Crippen molar-refractivity contribution in [1.82, 2.24) is 19.4 Å². The summed E-state index contributed by atoms with van der Waals surface area (Å²) in [5, 5.41) is 3.14. The number of likely N-dealkylation sites (tertiary alicyclic amines) is 1. The fourth-order valence-electron chi connectivity index (χ4n) is 4.67.